The van der Waals surface area contributed by atoms with E-state index in [4.69, 9.17) is 38.5 Å². The molecule has 0 aliphatic rings. The number of nitrogens with zero attached hydrogens (tertiary/aromatic N) is 3. The van der Waals surface area contributed by atoms with Crippen LogP contribution >= 0.6 is 11.3 Å². The first kappa shape index (κ1) is 50.7. The lowest BCUT2D eigenvalue weighted by atomic mass is 9.92. The number of ether oxygens (including phenoxy) is 6. The SMILES string of the molecule is C=CC(=O)OC(C)(C)CC(C)(C)Oc1ccc(C(=O)OCCc2ccc(CCOC(=O)c3ccc(OC(C)(C)C)c(OC(C)(C)C)c3)c(/C=N/N(CCO)c3nc4ccccc4s3)c2)cc1. The fourth-order valence-electron chi connectivity index (χ4n) is 7.08. The van der Waals surface area contributed by atoms with Gasteiger partial charge in [0.1, 0.15) is 28.2 Å². The van der Waals surface area contributed by atoms with Gasteiger partial charge >= 0.3 is 17.9 Å². The van der Waals surface area contributed by atoms with Gasteiger partial charge in [-0.1, -0.05) is 42.2 Å². The molecule has 5 rings (SSSR count). The van der Waals surface area contributed by atoms with E-state index in [0.717, 1.165) is 33.0 Å². The molecule has 0 amide bonds. The fourth-order valence-corrected chi connectivity index (χ4v) is 8.03. The molecule has 1 aromatic heterocycles. The molecule has 0 radical (unpaired) electrons. The molecule has 0 bridgehead atoms. The van der Waals surface area contributed by atoms with Crippen LogP contribution in [0.1, 0.15) is 113 Å². The molecular weight excluding hydrogens is 859 g/mol. The first-order chi connectivity index (χ1) is 31.0. The molecule has 352 valence electrons. The molecule has 66 heavy (non-hydrogen) atoms. The molecule has 0 unspecified atom stereocenters. The van der Waals surface area contributed by atoms with Crippen molar-refractivity contribution in [3.05, 3.63) is 125 Å². The number of aliphatic hydroxyl groups excluding tert-OH is 1. The van der Waals surface area contributed by atoms with Gasteiger partial charge in [0.15, 0.2) is 11.5 Å². The van der Waals surface area contributed by atoms with Crippen molar-refractivity contribution >= 4 is 50.8 Å². The summed E-state index contributed by atoms with van der Waals surface area (Å²) < 4.78 is 36.4. The third-order valence-corrected chi connectivity index (χ3v) is 10.5. The number of aliphatic hydroxyl groups is 1. The number of aromatic nitrogens is 1. The minimum Gasteiger partial charge on any atom is -0.488 e. The Morgan fingerprint density at radius 1 is 0.742 bits per heavy atom. The highest BCUT2D eigenvalue weighted by Crippen LogP contribution is 2.35. The quantitative estimate of drug-likeness (QED) is 0.0245. The Balaban J connectivity index is 1.28. The van der Waals surface area contributed by atoms with Crippen molar-refractivity contribution < 1.29 is 47.9 Å². The van der Waals surface area contributed by atoms with E-state index < -0.39 is 40.3 Å². The number of hydrazone groups is 1. The Morgan fingerprint density at radius 2 is 1.38 bits per heavy atom. The van der Waals surface area contributed by atoms with Gasteiger partial charge in [-0.05, 0) is 147 Å². The van der Waals surface area contributed by atoms with Gasteiger partial charge in [-0.3, -0.25) is 0 Å². The fraction of sp³-hybridized carbons (Fsp3) is 0.404. The zero-order chi connectivity index (χ0) is 48.3. The number of para-hydroxylation sites is 1. The number of esters is 3. The van der Waals surface area contributed by atoms with Crippen LogP contribution in [0.2, 0.25) is 0 Å². The molecule has 1 N–H and O–H groups in total. The average molecular weight is 922 g/mol. The normalized spacial score (nSPS) is 12.2. The van der Waals surface area contributed by atoms with Gasteiger partial charge in [0.2, 0.25) is 5.13 Å². The maximum Gasteiger partial charge on any atom is 0.338 e. The van der Waals surface area contributed by atoms with Gasteiger partial charge in [-0.15, -0.1) is 0 Å². The standard InChI is InChI=1S/C52H63N3O10S/c1-12-45(57)65-52(10,11)34-51(8,9)62-40-22-19-37(20-23-40)46(58)60-29-25-35-17-18-36(39(31-35)33-53-55(27-28-56)48-54-41-15-13-14-16-44(41)66-48)26-30-61-47(59)38-21-24-42(63-49(2,3)4)43(32-38)64-50(5,6)7/h12-24,31-33,56H,1,25-30,34H2,2-11H3/b53-33+. The highest BCUT2D eigenvalue weighted by molar-refractivity contribution is 7.22. The Morgan fingerprint density at radius 3 is 2.03 bits per heavy atom. The second-order valence-electron chi connectivity index (χ2n) is 18.9. The predicted octanol–water partition coefficient (Wildman–Crippen LogP) is 10.3. The summed E-state index contributed by atoms with van der Waals surface area (Å²) >= 11 is 1.47. The van der Waals surface area contributed by atoms with Gasteiger partial charge < -0.3 is 33.5 Å². The topological polar surface area (TPSA) is 155 Å². The third-order valence-electron chi connectivity index (χ3n) is 9.48. The summed E-state index contributed by atoms with van der Waals surface area (Å²) in [6, 6.07) is 25.4. The molecule has 5 aromatic rings. The van der Waals surface area contributed by atoms with Crippen LogP contribution in [0.25, 0.3) is 10.2 Å². The summed E-state index contributed by atoms with van der Waals surface area (Å²) in [5, 5.41) is 17.0. The summed E-state index contributed by atoms with van der Waals surface area (Å²) in [4.78, 5) is 43.0. The number of benzene rings is 4. The largest absolute Gasteiger partial charge is 0.488 e. The molecule has 13 nitrogen and oxygen atoms in total. The highest BCUT2D eigenvalue weighted by atomic mass is 32.1. The lowest BCUT2D eigenvalue weighted by Gasteiger charge is -2.34. The zero-order valence-electron chi connectivity index (χ0n) is 39.8. The number of carbonyl (C=O) groups excluding carboxylic acids is 3. The van der Waals surface area contributed by atoms with E-state index in [1.165, 1.54) is 11.3 Å². The van der Waals surface area contributed by atoms with Gasteiger partial charge in [-0.25, -0.2) is 24.4 Å². The van der Waals surface area contributed by atoms with Crippen LogP contribution in [0.3, 0.4) is 0 Å². The summed E-state index contributed by atoms with van der Waals surface area (Å²) in [6.07, 6.45) is 4.03. The molecule has 4 aromatic carbocycles. The predicted molar refractivity (Wildman–Crippen MR) is 259 cm³/mol. The number of anilines is 1. The van der Waals surface area contributed by atoms with Crippen LogP contribution in [-0.2, 0) is 31.8 Å². The third kappa shape index (κ3) is 15.7. The van der Waals surface area contributed by atoms with Crippen molar-refractivity contribution in [2.75, 3.05) is 31.4 Å². The minimum absolute atomic E-state index is 0.0784. The molecule has 0 aliphatic carbocycles. The number of thiazole rings is 1. The molecule has 0 spiro atoms. The molecule has 14 heteroatoms. The van der Waals surface area contributed by atoms with Crippen LogP contribution < -0.4 is 19.2 Å². The van der Waals surface area contributed by atoms with E-state index in [0.29, 0.717) is 52.8 Å². The van der Waals surface area contributed by atoms with E-state index in [-0.39, 0.29) is 26.4 Å². The Labute approximate surface area is 392 Å². The van der Waals surface area contributed by atoms with E-state index in [2.05, 4.69) is 6.58 Å². The zero-order valence-corrected chi connectivity index (χ0v) is 40.6. The first-order valence-corrected chi connectivity index (χ1v) is 22.7. The lowest BCUT2D eigenvalue weighted by molar-refractivity contribution is -0.154. The maximum atomic E-state index is 13.4. The summed E-state index contributed by atoms with van der Waals surface area (Å²) in [7, 11) is 0. The van der Waals surface area contributed by atoms with Crippen LogP contribution in [-0.4, -0.2) is 83.0 Å². The number of hydrogen-bond acceptors (Lipinski definition) is 14. The Hall–Kier alpha value is -6.25. The second kappa shape index (κ2) is 21.8. The second-order valence-corrected chi connectivity index (χ2v) is 19.9. The summed E-state index contributed by atoms with van der Waals surface area (Å²) in [5.74, 6) is 0.0295. The maximum absolute atomic E-state index is 13.4. The van der Waals surface area contributed by atoms with Gasteiger partial charge in [0.05, 0.1) is 53.9 Å². The highest BCUT2D eigenvalue weighted by Gasteiger charge is 2.33. The van der Waals surface area contributed by atoms with E-state index in [1.807, 2.05) is 112 Å². The number of carbonyl (C=O) groups is 3. The lowest BCUT2D eigenvalue weighted by Crippen LogP contribution is -2.40. The molecular formula is C52H63N3O10S. The molecule has 0 atom stereocenters. The smallest absolute Gasteiger partial charge is 0.338 e. The van der Waals surface area contributed by atoms with E-state index >= 15 is 0 Å². The first-order valence-electron chi connectivity index (χ1n) is 21.9. The van der Waals surface area contributed by atoms with Gasteiger partial charge in [-0.2, -0.15) is 5.10 Å². The summed E-state index contributed by atoms with van der Waals surface area (Å²) in [6.45, 7) is 22.8. The minimum atomic E-state index is -0.789. The van der Waals surface area contributed by atoms with Crippen molar-refractivity contribution in [3.63, 3.8) is 0 Å². The van der Waals surface area contributed by atoms with Crippen molar-refractivity contribution in [2.24, 2.45) is 5.10 Å². The van der Waals surface area contributed by atoms with E-state index in [1.54, 1.807) is 53.7 Å². The number of rotatable bonds is 21. The molecule has 0 saturated carbocycles. The number of hydrogen-bond donors (Lipinski definition) is 1. The monoisotopic (exact) mass is 921 g/mol. The number of fused-ring (bicyclic) bond motifs is 1. The van der Waals surface area contributed by atoms with Crippen molar-refractivity contribution in [2.45, 2.75) is 111 Å². The van der Waals surface area contributed by atoms with E-state index in [9.17, 15) is 19.5 Å². The van der Waals surface area contributed by atoms with Gasteiger partial charge in [0.25, 0.3) is 0 Å². The average Bonchev–Trinajstić information content (AvgIpc) is 3.66. The molecule has 1 heterocycles. The van der Waals surface area contributed by atoms with Crippen molar-refractivity contribution in [1.29, 1.82) is 0 Å². The van der Waals surface area contributed by atoms with Gasteiger partial charge in [0, 0.05) is 25.3 Å². The Kier molecular flexibility index (Phi) is 16.8. The molecule has 0 saturated heterocycles. The molecule has 0 aliphatic heterocycles. The molecule has 0 fully saturated rings. The summed E-state index contributed by atoms with van der Waals surface area (Å²) in [5.41, 5.74) is 1.54. The van der Waals surface area contributed by atoms with Crippen LogP contribution in [0.4, 0.5) is 5.13 Å². The Bertz CT molecular complexity index is 2460. The van der Waals surface area contributed by atoms with Crippen LogP contribution in [0.5, 0.6) is 17.2 Å². The van der Waals surface area contributed by atoms with Crippen molar-refractivity contribution in [3.8, 4) is 17.2 Å². The van der Waals surface area contributed by atoms with Crippen LogP contribution in [0.15, 0.2) is 103 Å². The van der Waals surface area contributed by atoms with Crippen LogP contribution in [0, 0.1) is 0 Å². The van der Waals surface area contributed by atoms with Crippen molar-refractivity contribution in [1.82, 2.24) is 4.98 Å².